The number of hydrogen-bond acceptors (Lipinski definition) is 4. The molecule has 0 aliphatic carbocycles. The standard InChI is InChI=1S/C12H18N2O3S/c1-14(7-8-18(2,16)17)12(15)11-5-3-10(9-13)4-6-11/h3-6H,7-9,13H2,1-2H3. The van der Waals surface area contributed by atoms with E-state index in [0.29, 0.717) is 12.1 Å². The summed E-state index contributed by atoms with van der Waals surface area (Å²) >= 11 is 0. The van der Waals surface area contributed by atoms with Gasteiger partial charge in [0.2, 0.25) is 0 Å². The van der Waals surface area contributed by atoms with Gasteiger partial charge in [0.25, 0.3) is 5.91 Å². The highest BCUT2D eigenvalue weighted by Gasteiger charge is 2.13. The molecule has 0 saturated carbocycles. The number of carbonyl (C=O) groups excluding carboxylic acids is 1. The molecular formula is C12H18N2O3S. The molecule has 0 aliphatic heterocycles. The number of rotatable bonds is 5. The van der Waals surface area contributed by atoms with Crippen molar-refractivity contribution in [3.05, 3.63) is 35.4 Å². The second-order valence-electron chi connectivity index (χ2n) is 4.26. The van der Waals surface area contributed by atoms with Gasteiger partial charge in [-0.2, -0.15) is 0 Å². The molecule has 100 valence electrons. The predicted molar refractivity (Wildman–Crippen MR) is 71.0 cm³/mol. The summed E-state index contributed by atoms with van der Waals surface area (Å²) in [5.74, 6) is -0.224. The third-order valence-corrected chi connectivity index (χ3v) is 3.50. The fraction of sp³-hybridized carbons (Fsp3) is 0.417. The molecule has 0 unspecified atom stereocenters. The van der Waals surface area contributed by atoms with E-state index in [-0.39, 0.29) is 18.2 Å². The zero-order valence-electron chi connectivity index (χ0n) is 10.6. The Bertz CT molecular complexity index is 509. The van der Waals surface area contributed by atoms with E-state index in [1.165, 1.54) is 4.90 Å². The van der Waals surface area contributed by atoms with Gasteiger partial charge in [-0.3, -0.25) is 4.79 Å². The number of sulfone groups is 1. The van der Waals surface area contributed by atoms with Gasteiger partial charge in [-0.25, -0.2) is 8.42 Å². The number of benzene rings is 1. The number of nitrogens with two attached hydrogens (primary N) is 1. The zero-order chi connectivity index (χ0) is 13.8. The monoisotopic (exact) mass is 270 g/mol. The molecule has 0 saturated heterocycles. The Morgan fingerprint density at radius 1 is 1.28 bits per heavy atom. The van der Waals surface area contributed by atoms with E-state index in [0.717, 1.165) is 11.8 Å². The fourth-order valence-corrected chi connectivity index (χ4v) is 2.01. The molecule has 0 heterocycles. The predicted octanol–water partition coefficient (Wildman–Crippen LogP) is 0.262. The van der Waals surface area contributed by atoms with E-state index in [1.807, 2.05) is 0 Å². The maximum absolute atomic E-state index is 12.0. The van der Waals surface area contributed by atoms with Gasteiger partial charge in [-0.15, -0.1) is 0 Å². The first-order chi connectivity index (χ1) is 8.33. The van der Waals surface area contributed by atoms with Crippen LogP contribution in [0.25, 0.3) is 0 Å². The molecule has 1 rings (SSSR count). The molecule has 1 aromatic rings. The van der Waals surface area contributed by atoms with Crippen LogP contribution in [-0.4, -0.2) is 44.8 Å². The summed E-state index contributed by atoms with van der Waals surface area (Å²) in [6.07, 6.45) is 1.15. The first kappa shape index (κ1) is 14.7. The quantitative estimate of drug-likeness (QED) is 0.832. The molecule has 2 N–H and O–H groups in total. The van der Waals surface area contributed by atoms with Gasteiger partial charge in [0.1, 0.15) is 9.84 Å². The zero-order valence-corrected chi connectivity index (χ0v) is 11.4. The van der Waals surface area contributed by atoms with Crippen molar-refractivity contribution in [1.82, 2.24) is 4.90 Å². The summed E-state index contributed by atoms with van der Waals surface area (Å²) in [4.78, 5) is 13.4. The number of carbonyl (C=O) groups is 1. The second-order valence-corrected chi connectivity index (χ2v) is 6.52. The van der Waals surface area contributed by atoms with Crippen LogP contribution in [0, 0.1) is 0 Å². The van der Waals surface area contributed by atoms with Crippen LogP contribution in [0.1, 0.15) is 15.9 Å². The van der Waals surface area contributed by atoms with Crippen LogP contribution in [0.2, 0.25) is 0 Å². The van der Waals surface area contributed by atoms with Gasteiger partial charge < -0.3 is 10.6 Å². The summed E-state index contributed by atoms with van der Waals surface area (Å²) in [6, 6.07) is 6.97. The van der Waals surface area contributed by atoms with Crippen LogP contribution in [0.15, 0.2) is 24.3 Å². The van der Waals surface area contributed by atoms with Crippen LogP contribution in [0.5, 0.6) is 0 Å². The molecule has 0 bridgehead atoms. The first-order valence-corrected chi connectivity index (χ1v) is 7.62. The molecule has 0 aliphatic rings. The van der Waals surface area contributed by atoms with Gasteiger partial charge in [0, 0.05) is 32.0 Å². The molecule has 0 fully saturated rings. The molecule has 18 heavy (non-hydrogen) atoms. The maximum Gasteiger partial charge on any atom is 0.253 e. The first-order valence-electron chi connectivity index (χ1n) is 5.55. The van der Waals surface area contributed by atoms with E-state index >= 15 is 0 Å². The Labute approximate surface area is 108 Å². The third-order valence-electron chi connectivity index (χ3n) is 2.58. The lowest BCUT2D eigenvalue weighted by atomic mass is 10.1. The van der Waals surface area contributed by atoms with Crippen molar-refractivity contribution in [3.63, 3.8) is 0 Å². The number of nitrogens with zero attached hydrogens (tertiary/aromatic N) is 1. The highest BCUT2D eigenvalue weighted by atomic mass is 32.2. The van der Waals surface area contributed by atoms with Crippen LogP contribution >= 0.6 is 0 Å². The van der Waals surface area contributed by atoms with Crippen molar-refractivity contribution in [1.29, 1.82) is 0 Å². The van der Waals surface area contributed by atoms with Crippen molar-refractivity contribution in [2.24, 2.45) is 5.73 Å². The van der Waals surface area contributed by atoms with E-state index in [2.05, 4.69) is 0 Å². The molecular weight excluding hydrogens is 252 g/mol. The van der Waals surface area contributed by atoms with Crippen LogP contribution < -0.4 is 5.73 Å². The summed E-state index contributed by atoms with van der Waals surface area (Å²) in [6.45, 7) is 0.620. The smallest absolute Gasteiger partial charge is 0.253 e. The van der Waals surface area contributed by atoms with Crippen molar-refractivity contribution in [3.8, 4) is 0 Å². The average Bonchev–Trinajstić information content (AvgIpc) is 2.34. The summed E-state index contributed by atoms with van der Waals surface area (Å²) in [5.41, 5.74) is 6.95. The fourth-order valence-electron chi connectivity index (χ4n) is 1.41. The van der Waals surface area contributed by atoms with Gasteiger partial charge in [-0.1, -0.05) is 12.1 Å². The molecule has 1 aromatic carbocycles. The highest BCUT2D eigenvalue weighted by Crippen LogP contribution is 2.06. The lowest BCUT2D eigenvalue weighted by Crippen LogP contribution is -2.31. The SMILES string of the molecule is CN(CCS(C)(=O)=O)C(=O)c1ccc(CN)cc1. The van der Waals surface area contributed by atoms with E-state index in [4.69, 9.17) is 5.73 Å². The Morgan fingerprint density at radius 3 is 2.28 bits per heavy atom. The maximum atomic E-state index is 12.0. The lowest BCUT2D eigenvalue weighted by molar-refractivity contribution is 0.0803. The Balaban J connectivity index is 2.68. The molecule has 6 heteroatoms. The summed E-state index contributed by atoms with van der Waals surface area (Å²) in [5, 5.41) is 0. The van der Waals surface area contributed by atoms with Crippen LogP contribution in [0.4, 0.5) is 0 Å². The summed E-state index contributed by atoms with van der Waals surface area (Å²) < 4.78 is 22.1. The van der Waals surface area contributed by atoms with Gasteiger partial charge in [0.15, 0.2) is 0 Å². The number of amides is 1. The molecule has 1 amide bonds. The van der Waals surface area contributed by atoms with Crippen LogP contribution in [-0.2, 0) is 16.4 Å². The van der Waals surface area contributed by atoms with Gasteiger partial charge >= 0.3 is 0 Å². The minimum atomic E-state index is -3.06. The number of hydrogen-bond donors (Lipinski definition) is 1. The van der Waals surface area contributed by atoms with Crippen molar-refractivity contribution in [2.45, 2.75) is 6.54 Å². The van der Waals surface area contributed by atoms with E-state index in [9.17, 15) is 13.2 Å². The van der Waals surface area contributed by atoms with Gasteiger partial charge in [0.05, 0.1) is 5.75 Å². The average molecular weight is 270 g/mol. The Kier molecular flexibility index (Phi) is 4.86. The van der Waals surface area contributed by atoms with Crippen LogP contribution in [0.3, 0.4) is 0 Å². The molecule has 0 radical (unpaired) electrons. The molecule has 0 aromatic heterocycles. The van der Waals surface area contributed by atoms with E-state index in [1.54, 1.807) is 31.3 Å². The largest absolute Gasteiger partial charge is 0.341 e. The third kappa shape index (κ3) is 4.46. The normalized spacial score (nSPS) is 11.3. The Hall–Kier alpha value is -1.40. The van der Waals surface area contributed by atoms with Crippen molar-refractivity contribution >= 4 is 15.7 Å². The topological polar surface area (TPSA) is 80.5 Å². The second kappa shape index (κ2) is 5.97. The Morgan fingerprint density at radius 2 is 1.83 bits per heavy atom. The lowest BCUT2D eigenvalue weighted by Gasteiger charge is -2.16. The minimum Gasteiger partial charge on any atom is -0.341 e. The molecule has 0 atom stereocenters. The minimum absolute atomic E-state index is 0.0316. The van der Waals surface area contributed by atoms with Gasteiger partial charge in [-0.05, 0) is 17.7 Å². The molecule has 0 spiro atoms. The summed E-state index contributed by atoms with van der Waals surface area (Å²) in [7, 11) is -1.47. The van der Waals surface area contributed by atoms with Crippen molar-refractivity contribution in [2.75, 3.05) is 25.6 Å². The van der Waals surface area contributed by atoms with E-state index < -0.39 is 9.84 Å². The highest BCUT2D eigenvalue weighted by molar-refractivity contribution is 7.90. The van der Waals surface area contributed by atoms with Crippen molar-refractivity contribution < 1.29 is 13.2 Å². The molecule has 5 nitrogen and oxygen atoms in total.